The van der Waals surface area contributed by atoms with Crippen LogP contribution in [0.15, 0.2) is 42.9 Å². The number of carbonyl (C=O) groups excluding carboxylic acids is 1. The lowest BCUT2D eigenvalue weighted by atomic mass is 10.2. The first-order valence-corrected chi connectivity index (χ1v) is 5.55. The van der Waals surface area contributed by atoms with E-state index < -0.39 is 0 Å². The molecule has 0 radical (unpaired) electrons. The van der Waals surface area contributed by atoms with Gasteiger partial charge in [-0.05, 0) is 29.8 Å². The average Bonchev–Trinajstić information content (AvgIpc) is 2.46. The molecule has 0 fully saturated rings. The van der Waals surface area contributed by atoms with E-state index in [1.54, 1.807) is 49.9 Å². The van der Waals surface area contributed by atoms with E-state index in [0.717, 1.165) is 11.3 Å². The van der Waals surface area contributed by atoms with Crippen LogP contribution in [0.5, 0.6) is 0 Å². The molecule has 5 heteroatoms. The van der Waals surface area contributed by atoms with Gasteiger partial charge in [-0.3, -0.25) is 14.8 Å². The van der Waals surface area contributed by atoms with Crippen molar-refractivity contribution in [1.29, 1.82) is 0 Å². The van der Waals surface area contributed by atoms with Crippen LogP contribution >= 0.6 is 0 Å². The molecule has 0 saturated heterocycles. The van der Waals surface area contributed by atoms with E-state index in [4.69, 9.17) is 5.73 Å². The summed E-state index contributed by atoms with van der Waals surface area (Å²) in [4.78, 5) is 21.7. The molecule has 1 amide bonds. The summed E-state index contributed by atoms with van der Waals surface area (Å²) >= 11 is 0. The fraction of sp³-hybridized carbons (Fsp3) is 0.154. The van der Waals surface area contributed by atoms with Crippen LogP contribution in [0.25, 0.3) is 0 Å². The SMILES string of the molecule is CN(C(=O)c1cc(CN)ccn1)c1ccncc1. The second-order valence-electron chi connectivity index (χ2n) is 3.82. The molecule has 0 atom stereocenters. The van der Waals surface area contributed by atoms with E-state index in [9.17, 15) is 4.79 Å². The molecule has 2 aromatic rings. The van der Waals surface area contributed by atoms with E-state index in [2.05, 4.69) is 9.97 Å². The number of nitrogens with two attached hydrogens (primary N) is 1. The fourth-order valence-electron chi connectivity index (χ4n) is 1.57. The van der Waals surface area contributed by atoms with Gasteiger partial charge in [0, 0.05) is 37.9 Å². The fourth-order valence-corrected chi connectivity index (χ4v) is 1.57. The first kappa shape index (κ1) is 12.2. The number of pyridine rings is 2. The molecule has 0 bridgehead atoms. The van der Waals surface area contributed by atoms with Gasteiger partial charge in [-0.25, -0.2) is 0 Å². The van der Waals surface area contributed by atoms with Gasteiger partial charge < -0.3 is 10.6 Å². The van der Waals surface area contributed by atoms with Crippen molar-refractivity contribution in [1.82, 2.24) is 9.97 Å². The lowest BCUT2D eigenvalue weighted by Gasteiger charge is -2.16. The Morgan fingerprint density at radius 1 is 1.28 bits per heavy atom. The molecule has 2 N–H and O–H groups in total. The highest BCUT2D eigenvalue weighted by molar-refractivity contribution is 6.04. The zero-order chi connectivity index (χ0) is 13.0. The summed E-state index contributed by atoms with van der Waals surface area (Å²) in [5.74, 6) is -0.170. The van der Waals surface area contributed by atoms with Crippen LogP contribution in [0, 0.1) is 0 Å². The van der Waals surface area contributed by atoms with E-state index in [1.165, 1.54) is 4.90 Å². The van der Waals surface area contributed by atoms with E-state index in [-0.39, 0.29) is 5.91 Å². The molecular formula is C13H14N4O. The predicted molar refractivity (Wildman–Crippen MR) is 69.1 cm³/mol. The lowest BCUT2D eigenvalue weighted by Crippen LogP contribution is -2.27. The largest absolute Gasteiger partial charge is 0.326 e. The molecule has 18 heavy (non-hydrogen) atoms. The highest BCUT2D eigenvalue weighted by atomic mass is 16.2. The maximum atomic E-state index is 12.2. The monoisotopic (exact) mass is 242 g/mol. The Morgan fingerprint density at radius 2 is 2.00 bits per heavy atom. The summed E-state index contributed by atoms with van der Waals surface area (Å²) in [6.07, 6.45) is 4.88. The van der Waals surface area contributed by atoms with E-state index in [1.807, 2.05) is 0 Å². The van der Waals surface area contributed by atoms with Crippen LogP contribution in [0.4, 0.5) is 5.69 Å². The summed E-state index contributed by atoms with van der Waals surface area (Å²) in [5, 5.41) is 0. The molecule has 0 aromatic carbocycles. The molecule has 0 aliphatic heterocycles. The number of anilines is 1. The zero-order valence-electron chi connectivity index (χ0n) is 10.1. The van der Waals surface area contributed by atoms with Gasteiger partial charge in [-0.1, -0.05) is 0 Å². The Kier molecular flexibility index (Phi) is 3.64. The molecule has 0 spiro atoms. The van der Waals surface area contributed by atoms with Gasteiger partial charge in [0.25, 0.3) is 5.91 Å². The van der Waals surface area contributed by atoms with Crippen LogP contribution in [0.2, 0.25) is 0 Å². The molecule has 92 valence electrons. The van der Waals surface area contributed by atoms with Crippen LogP contribution in [-0.2, 0) is 6.54 Å². The highest BCUT2D eigenvalue weighted by Gasteiger charge is 2.14. The average molecular weight is 242 g/mol. The van der Waals surface area contributed by atoms with Crippen molar-refractivity contribution in [2.75, 3.05) is 11.9 Å². The van der Waals surface area contributed by atoms with Crippen molar-refractivity contribution < 1.29 is 4.79 Å². The van der Waals surface area contributed by atoms with Gasteiger partial charge in [0.05, 0.1) is 0 Å². The van der Waals surface area contributed by atoms with Gasteiger partial charge in [-0.2, -0.15) is 0 Å². The summed E-state index contributed by atoms with van der Waals surface area (Å²) in [5.41, 5.74) is 7.59. The quantitative estimate of drug-likeness (QED) is 0.878. The van der Waals surface area contributed by atoms with Crippen molar-refractivity contribution in [3.05, 3.63) is 54.1 Å². The normalized spacial score (nSPS) is 10.1. The minimum Gasteiger partial charge on any atom is -0.326 e. The molecule has 0 saturated carbocycles. The van der Waals surface area contributed by atoms with E-state index >= 15 is 0 Å². The van der Waals surface area contributed by atoms with Crippen LogP contribution in [0.3, 0.4) is 0 Å². The first-order chi connectivity index (χ1) is 8.72. The summed E-state index contributed by atoms with van der Waals surface area (Å²) in [7, 11) is 1.70. The van der Waals surface area contributed by atoms with Crippen LogP contribution in [0.1, 0.15) is 16.1 Å². The standard InChI is InChI=1S/C13H14N4O/c1-17(11-3-5-15-6-4-11)13(18)12-8-10(9-14)2-7-16-12/h2-8H,9,14H2,1H3. The Bertz CT molecular complexity index is 542. The summed E-state index contributed by atoms with van der Waals surface area (Å²) in [6.45, 7) is 0.391. The third kappa shape index (κ3) is 2.52. The number of amides is 1. The minimum atomic E-state index is -0.170. The predicted octanol–water partition coefficient (Wildman–Crippen LogP) is 1.21. The molecule has 0 aliphatic rings. The maximum absolute atomic E-state index is 12.2. The number of rotatable bonds is 3. The third-order valence-corrected chi connectivity index (χ3v) is 2.63. The Morgan fingerprint density at radius 3 is 2.67 bits per heavy atom. The summed E-state index contributed by atoms with van der Waals surface area (Å²) in [6, 6.07) is 7.04. The Hall–Kier alpha value is -2.27. The smallest absolute Gasteiger partial charge is 0.276 e. The van der Waals surface area contributed by atoms with Gasteiger partial charge in [-0.15, -0.1) is 0 Å². The lowest BCUT2D eigenvalue weighted by molar-refractivity contribution is 0.0988. The third-order valence-electron chi connectivity index (χ3n) is 2.63. The van der Waals surface area contributed by atoms with E-state index in [0.29, 0.717) is 12.2 Å². The van der Waals surface area contributed by atoms with Crippen molar-refractivity contribution in [2.45, 2.75) is 6.54 Å². The van der Waals surface area contributed by atoms with Gasteiger partial charge in [0.1, 0.15) is 5.69 Å². The Labute approximate surface area is 105 Å². The number of nitrogens with zero attached hydrogens (tertiary/aromatic N) is 3. The molecule has 2 rings (SSSR count). The number of hydrogen-bond donors (Lipinski definition) is 1. The number of hydrogen-bond acceptors (Lipinski definition) is 4. The molecule has 2 aromatic heterocycles. The number of aromatic nitrogens is 2. The second-order valence-corrected chi connectivity index (χ2v) is 3.82. The van der Waals surface area contributed by atoms with Gasteiger partial charge in [0.2, 0.25) is 0 Å². The molecule has 5 nitrogen and oxygen atoms in total. The highest BCUT2D eigenvalue weighted by Crippen LogP contribution is 2.13. The van der Waals surface area contributed by atoms with Crippen molar-refractivity contribution in [3.8, 4) is 0 Å². The second kappa shape index (κ2) is 5.37. The zero-order valence-corrected chi connectivity index (χ0v) is 10.1. The van der Waals surface area contributed by atoms with Gasteiger partial charge >= 0.3 is 0 Å². The van der Waals surface area contributed by atoms with Crippen molar-refractivity contribution in [2.24, 2.45) is 5.73 Å². The van der Waals surface area contributed by atoms with Crippen molar-refractivity contribution in [3.63, 3.8) is 0 Å². The number of carbonyl (C=O) groups is 1. The molecule has 0 aliphatic carbocycles. The molecule has 2 heterocycles. The van der Waals surface area contributed by atoms with Gasteiger partial charge in [0.15, 0.2) is 0 Å². The maximum Gasteiger partial charge on any atom is 0.276 e. The minimum absolute atomic E-state index is 0.170. The molecular weight excluding hydrogens is 228 g/mol. The topological polar surface area (TPSA) is 72.1 Å². The van der Waals surface area contributed by atoms with Crippen LogP contribution < -0.4 is 10.6 Å². The summed E-state index contributed by atoms with van der Waals surface area (Å²) < 4.78 is 0. The van der Waals surface area contributed by atoms with Crippen molar-refractivity contribution >= 4 is 11.6 Å². The molecule has 0 unspecified atom stereocenters. The Balaban J connectivity index is 2.25. The first-order valence-electron chi connectivity index (χ1n) is 5.55. The van der Waals surface area contributed by atoms with Crippen LogP contribution in [-0.4, -0.2) is 22.9 Å².